The molecule has 0 heterocycles. The van der Waals surface area contributed by atoms with Gasteiger partial charge in [0.05, 0.1) is 10.6 Å². The lowest BCUT2D eigenvalue weighted by Gasteiger charge is -2.34. The fourth-order valence-electron chi connectivity index (χ4n) is 4.61. The number of carbonyl (C=O) groups is 2. The monoisotopic (exact) mass is 617 g/mol. The molecule has 0 aliphatic rings. The Hall–Kier alpha value is -4.14. The number of nitrogens with zero attached hydrogens (tertiary/aromatic N) is 2. The highest BCUT2D eigenvalue weighted by Crippen LogP contribution is 2.26. The summed E-state index contributed by atoms with van der Waals surface area (Å²) in [6, 6.07) is 32.2. The van der Waals surface area contributed by atoms with Gasteiger partial charge in [-0.15, -0.1) is 0 Å². The van der Waals surface area contributed by atoms with E-state index in [0.717, 1.165) is 15.4 Å². The van der Waals surface area contributed by atoms with Crippen LogP contribution in [-0.2, 0) is 32.6 Å². The third-order valence-corrected chi connectivity index (χ3v) is 8.92. The zero-order valence-corrected chi connectivity index (χ0v) is 25.8. The molecule has 0 radical (unpaired) electrons. The van der Waals surface area contributed by atoms with E-state index in [0.29, 0.717) is 11.6 Å². The third-order valence-electron chi connectivity index (χ3n) is 6.88. The Balaban J connectivity index is 1.77. The van der Waals surface area contributed by atoms with Crippen molar-refractivity contribution in [1.82, 2.24) is 10.2 Å². The van der Waals surface area contributed by atoms with E-state index < -0.39 is 28.5 Å². The molecule has 224 valence electrons. The van der Waals surface area contributed by atoms with Crippen LogP contribution >= 0.6 is 11.6 Å². The van der Waals surface area contributed by atoms with Crippen molar-refractivity contribution in [3.63, 3.8) is 0 Å². The SMILES string of the molecule is CC(C)CNC(=O)[C@H](Cc1ccccc1)N(Cc1ccccc1)C(=O)CN(c1ccc(Cl)cc1)S(=O)(=O)c1ccccc1. The molecule has 2 amide bonds. The lowest BCUT2D eigenvalue weighted by molar-refractivity contribution is -0.140. The number of rotatable bonds is 13. The van der Waals surface area contributed by atoms with E-state index >= 15 is 0 Å². The van der Waals surface area contributed by atoms with Gasteiger partial charge in [0, 0.05) is 24.5 Å². The molecule has 4 aromatic carbocycles. The number of amides is 2. The second kappa shape index (κ2) is 14.8. The zero-order chi connectivity index (χ0) is 30.8. The summed E-state index contributed by atoms with van der Waals surface area (Å²) in [5.74, 6) is -0.610. The lowest BCUT2D eigenvalue weighted by Crippen LogP contribution is -2.53. The van der Waals surface area contributed by atoms with Crippen LogP contribution in [0.5, 0.6) is 0 Å². The standard InChI is InChI=1S/C34H36ClN3O4S/c1-26(2)23-36-34(40)32(22-27-12-6-3-7-13-27)37(24-28-14-8-4-9-15-28)33(39)25-38(30-20-18-29(35)19-21-30)43(41,42)31-16-10-5-11-17-31/h3-21,26,32H,22-25H2,1-2H3,(H,36,40)/t32-/m0/s1. The van der Waals surface area contributed by atoms with Gasteiger partial charge in [0.15, 0.2) is 0 Å². The summed E-state index contributed by atoms with van der Waals surface area (Å²) in [6.45, 7) is 4.03. The largest absolute Gasteiger partial charge is 0.354 e. The van der Waals surface area contributed by atoms with Gasteiger partial charge in [0.2, 0.25) is 11.8 Å². The number of anilines is 1. The number of hydrogen-bond acceptors (Lipinski definition) is 4. The van der Waals surface area contributed by atoms with Crippen molar-refractivity contribution >= 4 is 39.1 Å². The maximum Gasteiger partial charge on any atom is 0.264 e. The first kappa shape index (κ1) is 31.8. The lowest BCUT2D eigenvalue weighted by atomic mass is 10.0. The van der Waals surface area contributed by atoms with Gasteiger partial charge < -0.3 is 10.2 Å². The van der Waals surface area contributed by atoms with Crippen molar-refractivity contribution in [2.45, 2.75) is 37.8 Å². The van der Waals surface area contributed by atoms with Gasteiger partial charge in [-0.1, -0.05) is 104 Å². The molecule has 9 heteroatoms. The minimum atomic E-state index is -4.15. The van der Waals surface area contributed by atoms with E-state index in [1.807, 2.05) is 74.5 Å². The number of sulfonamides is 1. The predicted octanol–water partition coefficient (Wildman–Crippen LogP) is 5.95. The number of halogens is 1. The van der Waals surface area contributed by atoms with Gasteiger partial charge in [-0.2, -0.15) is 0 Å². The van der Waals surface area contributed by atoms with Crippen molar-refractivity contribution in [3.8, 4) is 0 Å². The summed E-state index contributed by atoms with van der Waals surface area (Å²) < 4.78 is 29.0. The topological polar surface area (TPSA) is 86.8 Å². The second-order valence-electron chi connectivity index (χ2n) is 10.7. The van der Waals surface area contributed by atoms with E-state index in [9.17, 15) is 18.0 Å². The Bertz CT molecular complexity index is 1580. The summed E-state index contributed by atoms with van der Waals surface area (Å²) in [7, 11) is -4.15. The number of nitrogens with one attached hydrogen (secondary N) is 1. The number of hydrogen-bond donors (Lipinski definition) is 1. The Labute approximate surface area is 259 Å². The van der Waals surface area contributed by atoms with Crippen LogP contribution in [-0.4, -0.2) is 44.3 Å². The molecule has 4 rings (SSSR count). The fourth-order valence-corrected chi connectivity index (χ4v) is 6.17. The van der Waals surface area contributed by atoms with Crippen LogP contribution in [0.2, 0.25) is 5.02 Å². The van der Waals surface area contributed by atoms with Crippen LogP contribution in [0.25, 0.3) is 0 Å². The van der Waals surface area contributed by atoms with Crippen LogP contribution < -0.4 is 9.62 Å². The summed E-state index contributed by atoms with van der Waals surface area (Å²) in [5.41, 5.74) is 1.98. The summed E-state index contributed by atoms with van der Waals surface area (Å²) in [5, 5.41) is 3.42. The summed E-state index contributed by atoms with van der Waals surface area (Å²) in [6.07, 6.45) is 0.260. The molecule has 43 heavy (non-hydrogen) atoms. The highest BCUT2D eigenvalue weighted by molar-refractivity contribution is 7.92. The molecule has 4 aromatic rings. The van der Waals surface area contributed by atoms with Gasteiger partial charge >= 0.3 is 0 Å². The Morgan fingerprint density at radius 2 is 1.30 bits per heavy atom. The van der Waals surface area contributed by atoms with Crippen molar-refractivity contribution in [2.75, 3.05) is 17.4 Å². The molecule has 0 unspecified atom stereocenters. The summed E-state index contributed by atoms with van der Waals surface area (Å²) in [4.78, 5) is 29.6. The maximum absolute atomic E-state index is 14.4. The van der Waals surface area contributed by atoms with Gasteiger partial charge in [0.1, 0.15) is 12.6 Å². The van der Waals surface area contributed by atoms with Gasteiger partial charge in [-0.25, -0.2) is 8.42 Å². The first-order valence-electron chi connectivity index (χ1n) is 14.1. The normalized spacial score (nSPS) is 12.0. The first-order valence-corrected chi connectivity index (χ1v) is 16.0. The molecule has 1 N–H and O–H groups in total. The zero-order valence-electron chi connectivity index (χ0n) is 24.3. The second-order valence-corrected chi connectivity index (χ2v) is 13.0. The molecular formula is C34H36ClN3O4S. The summed E-state index contributed by atoms with van der Waals surface area (Å²) >= 11 is 6.11. The molecular weight excluding hydrogens is 582 g/mol. The molecule has 0 spiro atoms. The van der Waals surface area contributed by atoms with Gasteiger partial charge in [-0.05, 0) is 53.4 Å². The molecule has 7 nitrogen and oxygen atoms in total. The smallest absolute Gasteiger partial charge is 0.264 e. The highest BCUT2D eigenvalue weighted by Gasteiger charge is 2.34. The van der Waals surface area contributed by atoms with Crippen LogP contribution in [0, 0.1) is 5.92 Å². The molecule has 0 fully saturated rings. The molecule has 0 aliphatic heterocycles. The molecule has 0 aliphatic carbocycles. The van der Waals surface area contributed by atoms with Crippen LogP contribution in [0.3, 0.4) is 0 Å². The first-order chi connectivity index (χ1) is 20.6. The average molecular weight is 618 g/mol. The van der Waals surface area contributed by atoms with Crippen LogP contribution in [0.15, 0.2) is 120 Å². The van der Waals surface area contributed by atoms with E-state index in [4.69, 9.17) is 11.6 Å². The third kappa shape index (κ3) is 8.69. The van der Waals surface area contributed by atoms with E-state index in [1.54, 1.807) is 42.5 Å². The highest BCUT2D eigenvalue weighted by atomic mass is 35.5. The minimum absolute atomic E-state index is 0.0443. The Morgan fingerprint density at radius 1 is 0.767 bits per heavy atom. The van der Waals surface area contributed by atoms with Crippen LogP contribution in [0.4, 0.5) is 5.69 Å². The van der Waals surface area contributed by atoms with Crippen molar-refractivity contribution in [3.05, 3.63) is 131 Å². The van der Waals surface area contributed by atoms with Crippen LogP contribution in [0.1, 0.15) is 25.0 Å². The van der Waals surface area contributed by atoms with Gasteiger partial charge in [-0.3, -0.25) is 13.9 Å². The van der Waals surface area contributed by atoms with E-state index in [1.165, 1.54) is 17.0 Å². The Kier molecular flexibility index (Phi) is 11.0. The van der Waals surface area contributed by atoms with Crippen molar-refractivity contribution in [2.24, 2.45) is 5.92 Å². The molecule has 1 atom stereocenters. The Morgan fingerprint density at radius 3 is 1.86 bits per heavy atom. The maximum atomic E-state index is 14.4. The van der Waals surface area contributed by atoms with Crippen molar-refractivity contribution in [1.29, 1.82) is 0 Å². The van der Waals surface area contributed by atoms with Crippen molar-refractivity contribution < 1.29 is 18.0 Å². The fraction of sp³-hybridized carbons (Fsp3) is 0.235. The number of benzene rings is 4. The quantitative estimate of drug-likeness (QED) is 0.201. The van der Waals surface area contributed by atoms with Gasteiger partial charge in [0.25, 0.3) is 10.0 Å². The molecule has 0 saturated heterocycles. The van der Waals surface area contributed by atoms with E-state index in [2.05, 4.69) is 5.32 Å². The predicted molar refractivity (Wildman–Crippen MR) is 171 cm³/mol. The van der Waals surface area contributed by atoms with E-state index in [-0.39, 0.29) is 35.4 Å². The average Bonchev–Trinajstić information content (AvgIpc) is 3.02. The molecule has 0 aromatic heterocycles. The molecule has 0 bridgehead atoms. The number of carbonyl (C=O) groups excluding carboxylic acids is 2. The minimum Gasteiger partial charge on any atom is -0.354 e. The molecule has 0 saturated carbocycles.